The molecule has 1 rings (SSSR count). The van der Waals surface area contributed by atoms with E-state index in [4.69, 9.17) is 9.84 Å². The third kappa shape index (κ3) is 4.45. The molecular formula is C13H17NO4. The van der Waals surface area contributed by atoms with Crippen LogP contribution in [-0.2, 0) is 9.59 Å². The van der Waals surface area contributed by atoms with Crippen molar-refractivity contribution >= 4 is 12.4 Å². The number of amides is 1. The maximum atomic E-state index is 10.7. The Labute approximate surface area is 106 Å². The van der Waals surface area contributed by atoms with E-state index >= 15 is 0 Å². The lowest BCUT2D eigenvalue weighted by Crippen LogP contribution is -2.22. The molecule has 0 aliphatic carbocycles. The van der Waals surface area contributed by atoms with Crippen molar-refractivity contribution in [3.8, 4) is 5.75 Å². The monoisotopic (exact) mass is 251 g/mol. The summed E-state index contributed by atoms with van der Waals surface area (Å²) in [5.74, 6) is -0.245. The molecule has 0 bridgehead atoms. The molecule has 1 aromatic carbocycles. The number of ether oxygens (including phenoxy) is 1. The topological polar surface area (TPSA) is 75.6 Å². The summed E-state index contributed by atoms with van der Waals surface area (Å²) in [4.78, 5) is 21.1. The van der Waals surface area contributed by atoms with Gasteiger partial charge >= 0.3 is 5.97 Å². The van der Waals surface area contributed by atoms with Crippen molar-refractivity contribution in [2.45, 2.75) is 32.4 Å². The summed E-state index contributed by atoms with van der Waals surface area (Å²) in [6, 6.07) is 6.50. The second-order valence-corrected chi connectivity index (χ2v) is 4.17. The van der Waals surface area contributed by atoms with Crippen molar-refractivity contribution in [2.75, 3.05) is 0 Å². The van der Waals surface area contributed by atoms with Crippen LogP contribution in [-0.4, -0.2) is 23.6 Å². The first-order valence-corrected chi connectivity index (χ1v) is 5.71. The summed E-state index contributed by atoms with van der Waals surface area (Å²) in [6.07, 6.45) is 0.439. The van der Waals surface area contributed by atoms with Gasteiger partial charge in [-0.05, 0) is 31.5 Å². The van der Waals surface area contributed by atoms with Gasteiger partial charge in [-0.3, -0.25) is 9.59 Å². The summed E-state index contributed by atoms with van der Waals surface area (Å²) >= 11 is 0. The maximum Gasteiger partial charge on any atom is 0.305 e. The van der Waals surface area contributed by atoms with Gasteiger partial charge in [-0.25, -0.2) is 0 Å². The largest absolute Gasteiger partial charge is 0.491 e. The molecule has 5 nitrogen and oxygen atoms in total. The highest BCUT2D eigenvalue weighted by molar-refractivity contribution is 5.68. The van der Waals surface area contributed by atoms with E-state index in [1.54, 1.807) is 24.3 Å². The van der Waals surface area contributed by atoms with Crippen LogP contribution >= 0.6 is 0 Å². The number of aliphatic carboxylic acids is 1. The average Bonchev–Trinajstić information content (AvgIpc) is 2.28. The van der Waals surface area contributed by atoms with E-state index < -0.39 is 12.0 Å². The Hall–Kier alpha value is -2.04. The van der Waals surface area contributed by atoms with Crippen molar-refractivity contribution in [3.05, 3.63) is 29.8 Å². The number of carboxylic acid groups (broad SMARTS) is 1. The van der Waals surface area contributed by atoms with Gasteiger partial charge in [0.05, 0.1) is 18.6 Å². The Balaban J connectivity index is 2.79. The van der Waals surface area contributed by atoms with E-state index in [0.717, 1.165) is 5.56 Å². The van der Waals surface area contributed by atoms with E-state index in [9.17, 15) is 9.59 Å². The van der Waals surface area contributed by atoms with E-state index in [2.05, 4.69) is 5.32 Å². The Kier molecular flexibility index (Phi) is 5.17. The van der Waals surface area contributed by atoms with Crippen LogP contribution < -0.4 is 10.1 Å². The van der Waals surface area contributed by atoms with Gasteiger partial charge in [0.1, 0.15) is 5.75 Å². The van der Waals surface area contributed by atoms with Gasteiger partial charge in [-0.15, -0.1) is 0 Å². The molecule has 0 aliphatic heterocycles. The lowest BCUT2D eigenvalue weighted by molar-refractivity contribution is -0.137. The van der Waals surface area contributed by atoms with Crippen molar-refractivity contribution in [3.63, 3.8) is 0 Å². The highest BCUT2D eigenvalue weighted by atomic mass is 16.5. The Morgan fingerprint density at radius 2 is 2.00 bits per heavy atom. The maximum absolute atomic E-state index is 10.7. The van der Waals surface area contributed by atoms with Gasteiger partial charge in [-0.1, -0.05) is 12.1 Å². The van der Waals surface area contributed by atoms with Crippen molar-refractivity contribution in [2.24, 2.45) is 0 Å². The molecule has 0 saturated carbocycles. The fraction of sp³-hybridized carbons (Fsp3) is 0.385. The molecule has 1 unspecified atom stereocenters. The molecule has 0 spiro atoms. The van der Waals surface area contributed by atoms with Crippen molar-refractivity contribution < 1.29 is 19.4 Å². The molecule has 18 heavy (non-hydrogen) atoms. The van der Waals surface area contributed by atoms with Crippen LogP contribution in [0.4, 0.5) is 0 Å². The van der Waals surface area contributed by atoms with Crippen LogP contribution in [0.1, 0.15) is 31.9 Å². The smallest absolute Gasteiger partial charge is 0.305 e. The van der Waals surface area contributed by atoms with E-state index in [1.807, 2.05) is 13.8 Å². The zero-order chi connectivity index (χ0) is 13.5. The Morgan fingerprint density at radius 1 is 1.39 bits per heavy atom. The van der Waals surface area contributed by atoms with Gasteiger partial charge in [0.2, 0.25) is 6.41 Å². The standard InChI is InChI=1S/C13H17NO4/c1-9(2)18-11-5-3-10(4-6-11)12(14-8-15)7-13(16)17/h3-6,8-9,12H,7H2,1-2H3,(H,14,15)(H,16,17). The van der Waals surface area contributed by atoms with E-state index in [1.165, 1.54) is 0 Å². The summed E-state index contributed by atoms with van der Waals surface area (Å²) < 4.78 is 5.48. The number of benzene rings is 1. The fourth-order valence-corrected chi connectivity index (χ4v) is 1.58. The van der Waals surface area contributed by atoms with Crippen LogP contribution in [0.25, 0.3) is 0 Å². The Morgan fingerprint density at radius 3 is 2.44 bits per heavy atom. The van der Waals surface area contributed by atoms with Gasteiger partial charge in [-0.2, -0.15) is 0 Å². The number of nitrogens with one attached hydrogen (secondary N) is 1. The van der Waals surface area contributed by atoms with Crippen LogP contribution in [0.15, 0.2) is 24.3 Å². The number of carbonyl (C=O) groups excluding carboxylic acids is 1. The zero-order valence-corrected chi connectivity index (χ0v) is 10.4. The molecule has 0 heterocycles. The summed E-state index contributed by atoms with van der Waals surface area (Å²) in [6.45, 7) is 3.85. The highest BCUT2D eigenvalue weighted by Crippen LogP contribution is 2.20. The van der Waals surface area contributed by atoms with E-state index in [-0.39, 0.29) is 12.5 Å². The summed E-state index contributed by atoms with van der Waals surface area (Å²) in [7, 11) is 0. The molecule has 0 radical (unpaired) electrons. The van der Waals surface area contributed by atoms with Gasteiger partial charge in [0.15, 0.2) is 0 Å². The summed E-state index contributed by atoms with van der Waals surface area (Å²) in [5, 5.41) is 11.3. The SMILES string of the molecule is CC(C)Oc1ccc(C(CC(=O)O)NC=O)cc1. The normalized spacial score (nSPS) is 11.9. The zero-order valence-electron chi connectivity index (χ0n) is 10.4. The second-order valence-electron chi connectivity index (χ2n) is 4.17. The fourth-order valence-electron chi connectivity index (χ4n) is 1.58. The lowest BCUT2D eigenvalue weighted by Gasteiger charge is -2.15. The third-order valence-electron chi connectivity index (χ3n) is 2.30. The lowest BCUT2D eigenvalue weighted by atomic mass is 10.0. The minimum Gasteiger partial charge on any atom is -0.491 e. The predicted octanol–water partition coefficient (Wildman–Crippen LogP) is 1.74. The molecule has 2 N–H and O–H groups in total. The average molecular weight is 251 g/mol. The number of hydrogen-bond donors (Lipinski definition) is 2. The number of rotatable bonds is 7. The first-order chi connectivity index (χ1) is 8.52. The number of carboxylic acids is 1. The molecule has 0 aliphatic rings. The van der Waals surface area contributed by atoms with Crippen molar-refractivity contribution in [1.29, 1.82) is 0 Å². The first-order valence-electron chi connectivity index (χ1n) is 5.71. The molecular weight excluding hydrogens is 234 g/mol. The van der Waals surface area contributed by atoms with Gasteiger partial charge in [0, 0.05) is 0 Å². The van der Waals surface area contributed by atoms with E-state index in [0.29, 0.717) is 12.2 Å². The first kappa shape index (κ1) is 14.0. The van der Waals surface area contributed by atoms with Crippen LogP contribution in [0, 0.1) is 0 Å². The molecule has 0 fully saturated rings. The quantitative estimate of drug-likeness (QED) is 0.724. The van der Waals surface area contributed by atoms with Crippen LogP contribution in [0.2, 0.25) is 0 Å². The summed E-state index contributed by atoms with van der Waals surface area (Å²) in [5.41, 5.74) is 0.737. The molecule has 0 saturated heterocycles. The van der Waals surface area contributed by atoms with Crippen molar-refractivity contribution in [1.82, 2.24) is 5.32 Å². The number of carbonyl (C=O) groups is 2. The molecule has 5 heteroatoms. The second kappa shape index (κ2) is 6.64. The highest BCUT2D eigenvalue weighted by Gasteiger charge is 2.14. The third-order valence-corrected chi connectivity index (χ3v) is 2.30. The van der Waals surface area contributed by atoms with Crippen LogP contribution in [0.3, 0.4) is 0 Å². The molecule has 98 valence electrons. The minimum atomic E-state index is -0.961. The van der Waals surface area contributed by atoms with Crippen LogP contribution in [0.5, 0.6) is 5.75 Å². The predicted molar refractivity (Wildman–Crippen MR) is 66.4 cm³/mol. The molecule has 1 amide bonds. The molecule has 1 atom stereocenters. The minimum absolute atomic E-state index is 0.0822. The molecule has 0 aromatic heterocycles. The Bertz CT molecular complexity index is 400. The molecule has 1 aromatic rings. The van der Waals surface area contributed by atoms with Gasteiger partial charge in [0.25, 0.3) is 0 Å². The van der Waals surface area contributed by atoms with Gasteiger partial charge < -0.3 is 15.2 Å². The number of hydrogen-bond acceptors (Lipinski definition) is 3.